The van der Waals surface area contributed by atoms with E-state index in [0.29, 0.717) is 18.5 Å². The molecule has 3 rings (SSSR count). The molecule has 106 valence electrons. The van der Waals surface area contributed by atoms with Crippen molar-refractivity contribution < 1.29 is 4.74 Å². The highest BCUT2D eigenvalue weighted by Crippen LogP contribution is 2.22. The minimum absolute atomic E-state index is 0.160. The monoisotopic (exact) mass is 275 g/mol. The molecule has 0 radical (unpaired) electrons. The van der Waals surface area contributed by atoms with Crippen molar-refractivity contribution in [3.05, 3.63) is 18.5 Å². The molecule has 8 heteroatoms. The number of ether oxygens (including phenoxy) is 1. The van der Waals surface area contributed by atoms with Crippen LogP contribution < -0.4 is 11.1 Å². The summed E-state index contributed by atoms with van der Waals surface area (Å²) >= 11 is 0. The van der Waals surface area contributed by atoms with Crippen molar-refractivity contribution in [3.63, 3.8) is 0 Å². The Balaban J connectivity index is 1.86. The zero-order chi connectivity index (χ0) is 14.0. The predicted octanol–water partition coefficient (Wildman–Crippen LogP) is 0.620. The largest absolute Gasteiger partial charge is 0.379 e. The molecule has 3 N–H and O–H groups in total. The van der Waals surface area contributed by atoms with Crippen molar-refractivity contribution in [2.45, 2.75) is 25.3 Å². The van der Waals surface area contributed by atoms with Gasteiger partial charge in [-0.1, -0.05) is 0 Å². The Morgan fingerprint density at radius 1 is 1.40 bits per heavy atom. The SMILES string of the molecule is CC1(Nc2nc(N)nc(-n3cccn3)n2)CCCOC1. The summed E-state index contributed by atoms with van der Waals surface area (Å²) in [5, 5.41) is 7.38. The van der Waals surface area contributed by atoms with E-state index < -0.39 is 0 Å². The minimum Gasteiger partial charge on any atom is -0.379 e. The number of hydrogen-bond donors (Lipinski definition) is 2. The highest BCUT2D eigenvalue weighted by molar-refractivity contribution is 5.37. The van der Waals surface area contributed by atoms with Crippen LogP contribution in [0.4, 0.5) is 11.9 Å². The third-order valence-corrected chi connectivity index (χ3v) is 3.20. The van der Waals surface area contributed by atoms with Crippen LogP contribution in [-0.2, 0) is 4.74 Å². The van der Waals surface area contributed by atoms with Gasteiger partial charge in [0, 0.05) is 19.0 Å². The van der Waals surface area contributed by atoms with Crippen molar-refractivity contribution in [1.29, 1.82) is 0 Å². The molecule has 3 heterocycles. The molecule has 1 aliphatic heterocycles. The van der Waals surface area contributed by atoms with E-state index in [4.69, 9.17) is 10.5 Å². The molecular weight excluding hydrogens is 258 g/mol. The molecule has 0 saturated carbocycles. The van der Waals surface area contributed by atoms with E-state index in [0.717, 1.165) is 19.4 Å². The van der Waals surface area contributed by atoms with Crippen LogP contribution in [0.25, 0.3) is 5.95 Å². The lowest BCUT2D eigenvalue weighted by Gasteiger charge is -2.34. The fourth-order valence-corrected chi connectivity index (χ4v) is 2.23. The van der Waals surface area contributed by atoms with Crippen LogP contribution in [0.15, 0.2) is 18.5 Å². The lowest BCUT2D eigenvalue weighted by Crippen LogP contribution is -2.43. The Labute approximate surface area is 116 Å². The van der Waals surface area contributed by atoms with E-state index in [1.165, 1.54) is 0 Å². The number of rotatable bonds is 3. The van der Waals surface area contributed by atoms with Gasteiger partial charge in [-0.05, 0) is 25.8 Å². The summed E-state index contributed by atoms with van der Waals surface area (Å²) < 4.78 is 7.05. The molecule has 0 amide bonds. The third-order valence-electron chi connectivity index (χ3n) is 3.20. The number of hydrogen-bond acceptors (Lipinski definition) is 7. The standard InChI is InChI=1S/C12H17N7O/c1-12(4-2-7-20-8-12)18-10-15-9(13)16-11(17-10)19-6-3-5-14-19/h3,5-6H,2,4,7-8H2,1H3,(H3,13,15,16,17,18). The third kappa shape index (κ3) is 2.69. The highest BCUT2D eigenvalue weighted by atomic mass is 16.5. The summed E-state index contributed by atoms with van der Waals surface area (Å²) in [6, 6.07) is 1.80. The molecule has 1 unspecified atom stereocenters. The number of nitrogen functional groups attached to an aromatic ring is 1. The van der Waals surface area contributed by atoms with E-state index in [2.05, 4.69) is 32.3 Å². The Morgan fingerprint density at radius 3 is 3.00 bits per heavy atom. The van der Waals surface area contributed by atoms with Crippen molar-refractivity contribution in [1.82, 2.24) is 24.7 Å². The lowest BCUT2D eigenvalue weighted by molar-refractivity contribution is 0.0537. The second-order valence-corrected chi connectivity index (χ2v) is 5.11. The molecule has 0 spiro atoms. The average Bonchev–Trinajstić information content (AvgIpc) is 2.92. The summed E-state index contributed by atoms with van der Waals surface area (Å²) in [5.74, 6) is 0.995. The lowest BCUT2D eigenvalue weighted by atomic mass is 9.95. The zero-order valence-electron chi connectivity index (χ0n) is 11.3. The van der Waals surface area contributed by atoms with Crippen LogP contribution in [-0.4, -0.2) is 43.5 Å². The molecule has 1 aliphatic rings. The van der Waals surface area contributed by atoms with Gasteiger partial charge in [-0.2, -0.15) is 20.1 Å². The molecule has 0 aromatic carbocycles. The predicted molar refractivity (Wildman–Crippen MR) is 73.4 cm³/mol. The first-order valence-electron chi connectivity index (χ1n) is 6.52. The smallest absolute Gasteiger partial charge is 0.257 e. The topological polar surface area (TPSA) is 104 Å². The normalized spacial score (nSPS) is 22.6. The van der Waals surface area contributed by atoms with E-state index in [9.17, 15) is 0 Å². The van der Waals surface area contributed by atoms with Gasteiger partial charge in [0.1, 0.15) is 0 Å². The summed E-state index contributed by atoms with van der Waals surface area (Å²) in [5.41, 5.74) is 5.55. The van der Waals surface area contributed by atoms with Crippen LogP contribution in [0.1, 0.15) is 19.8 Å². The van der Waals surface area contributed by atoms with Crippen LogP contribution in [0.2, 0.25) is 0 Å². The first kappa shape index (κ1) is 12.8. The maximum Gasteiger partial charge on any atom is 0.257 e. The number of nitrogens with zero attached hydrogens (tertiary/aromatic N) is 5. The fraction of sp³-hybridized carbons (Fsp3) is 0.500. The fourth-order valence-electron chi connectivity index (χ4n) is 2.23. The molecule has 20 heavy (non-hydrogen) atoms. The molecule has 0 bridgehead atoms. The second-order valence-electron chi connectivity index (χ2n) is 5.11. The molecular formula is C12H17N7O. The first-order chi connectivity index (χ1) is 9.65. The first-order valence-corrected chi connectivity index (χ1v) is 6.52. The van der Waals surface area contributed by atoms with Gasteiger partial charge >= 0.3 is 0 Å². The van der Waals surface area contributed by atoms with Gasteiger partial charge in [-0.15, -0.1) is 0 Å². The number of anilines is 2. The van der Waals surface area contributed by atoms with Crippen molar-refractivity contribution in [2.24, 2.45) is 0 Å². The van der Waals surface area contributed by atoms with Gasteiger partial charge in [0.15, 0.2) is 0 Å². The maximum absolute atomic E-state index is 5.74. The highest BCUT2D eigenvalue weighted by Gasteiger charge is 2.28. The minimum atomic E-state index is -0.187. The summed E-state index contributed by atoms with van der Waals surface area (Å²) in [4.78, 5) is 12.6. The van der Waals surface area contributed by atoms with E-state index in [1.807, 2.05) is 0 Å². The van der Waals surface area contributed by atoms with Crippen LogP contribution in [0.3, 0.4) is 0 Å². The molecule has 1 atom stereocenters. The van der Waals surface area contributed by atoms with Gasteiger partial charge in [-0.3, -0.25) is 0 Å². The summed E-state index contributed by atoms with van der Waals surface area (Å²) in [7, 11) is 0. The van der Waals surface area contributed by atoms with Crippen molar-refractivity contribution in [3.8, 4) is 5.95 Å². The van der Waals surface area contributed by atoms with E-state index in [-0.39, 0.29) is 11.5 Å². The zero-order valence-corrected chi connectivity index (χ0v) is 11.3. The van der Waals surface area contributed by atoms with E-state index in [1.54, 1.807) is 23.1 Å². The van der Waals surface area contributed by atoms with Gasteiger partial charge in [-0.25, -0.2) is 4.68 Å². The number of nitrogens with one attached hydrogen (secondary N) is 1. The Hall–Kier alpha value is -2.22. The molecule has 0 aliphatic carbocycles. The van der Waals surface area contributed by atoms with E-state index >= 15 is 0 Å². The van der Waals surface area contributed by atoms with Crippen LogP contribution in [0.5, 0.6) is 0 Å². The van der Waals surface area contributed by atoms with Gasteiger partial charge in [0.05, 0.1) is 12.1 Å². The average molecular weight is 275 g/mol. The molecule has 1 fully saturated rings. The maximum atomic E-state index is 5.74. The van der Waals surface area contributed by atoms with Crippen LogP contribution in [0, 0.1) is 0 Å². The number of aromatic nitrogens is 5. The Morgan fingerprint density at radius 2 is 2.30 bits per heavy atom. The molecule has 2 aromatic heterocycles. The van der Waals surface area contributed by atoms with Crippen LogP contribution >= 0.6 is 0 Å². The van der Waals surface area contributed by atoms with Gasteiger partial charge < -0.3 is 15.8 Å². The van der Waals surface area contributed by atoms with Gasteiger partial charge in [0.25, 0.3) is 5.95 Å². The molecule has 2 aromatic rings. The number of nitrogens with two attached hydrogens (primary N) is 1. The molecule has 1 saturated heterocycles. The molecule has 8 nitrogen and oxygen atoms in total. The second kappa shape index (κ2) is 5.04. The summed E-state index contributed by atoms with van der Waals surface area (Å²) in [6.07, 6.45) is 5.42. The summed E-state index contributed by atoms with van der Waals surface area (Å²) in [6.45, 7) is 3.50. The Bertz CT molecular complexity index is 577. The van der Waals surface area contributed by atoms with Gasteiger partial charge in [0.2, 0.25) is 11.9 Å². The quantitative estimate of drug-likeness (QED) is 0.846. The van der Waals surface area contributed by atoms with Crippen molar-refractivity contribution in [2.75, 3.05) is 24.3 Å². The Kier molecular flexibility index (Phi) is 3.23. The van der Waals surface area contributed by atoms with Crippen molar-refractivity contribution >= 4 is 11.9 Å².